The van der Waals surface area contributed by atoms with Crippen molar-refractivity contribution >= 4 is 29.1 Å². The average molecular weight is 369 g/mol. The van der Waals surface area contributed by atoms with E-state index in [1.54, 1.807) is 29.3 Å². The summed E-state index contributed by atoms with van der Waals surface area (Å²) in [6.45, 7) is 2.52. The van der Waals surface area contributed by atoms with Gasteiger partial charge in [-0.2, -0.15) is 5.11 Å². The third-order valence-corrected chi connectivity index (χ3v) is 5.05. The molecule has 1 fully saturated rings. The van der Waals surface area contributed by atoms with Crippen molar-refractivity contribution in [2.24, 2.45) is 10.3 Å². The summed E-state index contributed by atoms with van der Waals surface area (Å²) in [4.78, 5) is 26.8. The van der Waals surface area contributed by atoms with Gasteiger partial charge in [-0.3, -0.25) is 14.6 Å². The highest BCUT2D eigenvalue weighted by atomic mass is 35.5. The molecule has 7 heteroatoms. The van der Waals surface area contributed by atoms with Crippen molar-refractivity contribution in [2.75, 3.05) is 4.90 Å². The van der Waals surface area contributed by atoms with E-state index in [-0.39, 0.29) is 11.8 Å². The minimum absolute atomic E-state index is 0.344. The van der Waals surface area contributed by atoms with Gasteiger partial charge < -0.3 is 0 Å². The van der Waals surface area contributed by atoms with Crippen LogP contribution in [0.1, 0.15) is 18.1 Å². The fraction of sp³-hybridized carbons (Fsp3) is 0.263. The van der Waals surface area contributed by atoms with E-state index in [0.29, 0.717) is 17.3 Å². The summed E-state index contributed by atoms with van der Waals surface area (Å²) in [7, 11) is 0. The van der Waals surface area contributed by atoms with Crippen molar-refractivity contribution in [1.29, 1.82) is 0 Å². The van der Waals surface area contributed by atoms with E-state index in [9.17, 15) is 9.59 Å². The monoisotopic (exact) mass is 368 g/mol. The normalized spacial score (nSPS) is 21.6. The summed E-state index contributed by atoms with van der Waals surface area (Å²) in [5, 5.41) is 10.0. The first-order valence-corrected chi connectivity index (χ1v) is 8.85. The molecule has 0 aromatic heterocycles. The number of hydrogen-bond donors (Lipinski definition) is 0. The summed E-state index contributed by atoms with van der Waals surface area (Å²) in [6, 6.07) is 13.4. The topological polar surface area (TPSA) is 65.3 Å². The van der Waals surface area contributed by atoms with Gasteiger partial charge in [0.15, 0.2) is 12.1 Å². The van der Waals surface area contributed by atoms with Crippen LogP contribution < -0.4 is 4.90 Å². The molecule has 1 saturated heterocycles. The number of halogens is 1. The summed E-state index contributed by atoms with van der Waals surface area (Å²) in [6.07, 6.45) is 0.966. The highest BCUT2D eigenvalue weighted by molar-refractivity contribution is 6.36. The molecule has 2 amide bonds. The van der Waals surface area contributed by atoms with Gasteiger partial charge in [-0.15, -0.1) is 0 Å². The lowest BCUT2D eigenvalue weighted by molar-refractivity contribution is -0.123. The van der Waals surface area contributed by atoms with Crippen molar-refractivity contribution in [1.82, 2.24) is 5.01 Å². The Morgan fingerprint density at radius 2 is 1.69 bits per heavy atom. The Morgan fingerprint density at radius 1 is 1.00 bits per heavy atom. The van der Waals surface area contributed by atoms with Crippen LogP contribution in [0.15, 0.2) is 58.9 Å². The Morgan fingerprint density at radius 3 is 2.38 bits per heavy atom. The Bertz CT molecular complexity index is 897. The molecule has 2 atom stereocenters. The number of para-hydroxylation sites is 1. The summed E-state index contributed by atoms with van der Waals surface area (Å²) in [5.74, 6) is -0.732. The van der Waals surface area contributed by atoms with Crippen molar-refractivity contribution in [3.05, 3.63) is 64.7 Å². The minimum Gasteiger partial charge on any atom is -0.271 e. The molecular formula is C19H17ClN4O2. The van der Waals surface area contributed by atoms with Crippen LogP contribution in [0, 0.1) is 0 Å². The van der Waals surface area contributed by atoms with Crippen molar-refractivity contribution in [3.8, 4) is 0 Å². The molecule has 0 radical (unpaired) electrons. The molecular weight excluding hydrogens is 352 g/mol. The number of aryl methyl sites for hydroxylation is 1. The maximum atomic E-state index is 12.9. The zero-order valence-electron chi connectivity index (χ0n) is 14.2. The lowest BCUT2D eigenvalue weighted by Crippen LogP contribution is -2.39. The SMILES string of the molecule is CCc1ccc(CN2N=N[C@@H]3C(=O)N(c4ccccc4Cl)C(=O)[C@@H]32)cc1. The van der Waals surface area contributed by atoms with Gasteiger partial charge in [0.05, 0.1) is 17.3 Å². The van der Waals surface area contributed by atoms with E-state index in [2.05, 4.69) is 29.4 Å². The van der Waals surface area contributed by atoms with Crippen molar-refractivity contribution in [3.63, 3.8) is 0 Å². The molecule has 0 bridgehead atoms. The molecule has 2 aromatic carbocycles. The molecule has 0 saturated carbocycles. The van der Waals surface area contributed by atoms with Gasteiger partial charge in [0, 0.05) is 0 Å². The van der Waals surface area contributed by atoms with Crippen LogP contribution in [-0.4, -0.2) is 28.9 Å². The molecule has 2 aliphatic rings. The van der Waals surface area contributed by atoms with E-state index >= 15 is 0 Å². The molecule has 6 nitrogen and oxygen atoms in total. The zero-order valence-corrected chi connectivity index (χ0v) is 14.9. The van der Waals surface area contributed by atoms with Crippen LogP contribution in [0.25, 0.3) is 0 Å². The highest BCUT2D eigenvalue weighted by Gasteiger charge is 2.55. The zero-order chi connectivity index (χ0) is 18.3. The van der Waals surface area contributed by atoms with E-state index in [0.717, 1.165) is 16.9 Å². The molecule has 2 aromatic rings. The first kappa shape index (κ1) is 16.7. The van der Waals surface area contributed by atoms with Gasteiger partial charge >= 0.3 is 0 Å². The second kappa shape index (κ2) is 6.53. The largest absolute Gasteiger partial charge is 0.271 e. The van der Waals surface area contributed by atoms with Crippen LogP contribution in [0.4, 0.5) is 5.69 Å². The predicted octanol–water partition coefficient (Wildman–Crippen LogP) is 3.40. The lowest BCUT2D eigenvalue weighted by atomic mass is 10.1. The van der Waals surface area contributed by atoms with E-state index in [1.165, 1.54) is 5.56 Å². The number of fused-ring (bicyclic) bond motifs is 1. The lowest BCUT2D eigenvalue weighted by Gasteiger charge is -2.21. The van der Waals surface area contributed by atoms with Crippen LogP contribution in [-0.2, 0) is 22.6 Å². The summed E-state index contributed by atoms with van der Waals surface area (Å²) >= 11 is 6.17. The van der Waals surface area contributed by atoms with Gasteiger partial charge in [0.2, 0.25) is 0 Å². The molecule has 0 aliphatic carbocycles. The van der Waals surface area contributed by atoms with Gasteiger partial charge in [0.25, 0.3) is 11.8 Å². The highest BCUT2D eigenvalue weighted by Crippen LogP contribution is 2.35. The third kappa shape index (κ3) is 2.66. The Kier molecular flexibility index (Phi) is 4.20. The molecule has 132 valence electrons. The number of hydrogen-bond acceptors (Lipinski definition) is 5. The first-order valence-electron chi connectivity index (χ1n) is 8.47. The number of carbonyl (C=O) groups is 2. The van der Waals surface area contributed by atoms with Crippen molar-refractivity contribution in [2.45, 2.75) is 32.0 Å². The number of anilines is 1. The number of benzene rings is 2. The second-order valence-electron chi connectivity index (χ2n) is 6.33. The molecule has 4 rings (SSSR count). The van der Waals surface area contributed by atoms with Gasteiger partial charge in [-0.25, -0.2) is 4.90 Å². The molecule has 2 aliphatic heterocycles. The van der Waals surface area contributed by atoms with Crippen LogP contribution in [0.3, 0.4) is 0 Å². The molecule has 26 heavy (non-hydrogen) atoms. The van der Waals surface area contributed by atoms with E-state index in [1.807, 2.05) is 12.1 Å². The molecule has 0 unspecified atom stereocenters. The average Bonchev–Trinajstić information content (AvgIpc) is 3.17. The number of carbonyl (C=O) groups excluding carboxylic acids is 2. The predicted molar refractivity (Wildman–Crippen MR) is 97.7 cm³/mol. The fourth-order valence-corrected chi connectivity index (χ4v) is 3.51. The van der Waals surface area contributed by atoms with Crippen LogP contribution >= 0.6 is 11.6 Å². The molecule has 0 N–H and O–H groups in total. The number of amides is 2. The summed E-state index contributed by atoms with van der Waals surface area (Å²) in [5.41, 5.74) is 2.64. The van der Waals surface area contributed by atoms with Crippen LogP contribution in [0.2, 0.25) is 5.02 Å². The first-order chi connectivity index (χ1) is 12.6. The van der Waals surface area contributed by atoms with Crippen molar-refractivity contribution < 1.29 is 9.59 Å². The maximum absolute atomic E-state index is 12.9. The maximum Gasteiger partial charge on any atom is 0.263 e. The quantitative estimate of drug-likeness (QED) is 0.777. The van der Waals surface area contributed by atoms with Crippen LogP contribution in [0.5, 0.6) is 0 Å². The molecule has 2 heterocycles. The molecule has 0 spiro atoms. The number of imide groups is 1. The Hall–Kier alpha value is -2.73. The Labute approximate surface area is 156 Å². The second-order valence-corrected chi connectivity index (χ2v) is 6.73. The standard InChI is InChI=1S/C19H17ClN4O2/c1-2-12-7-9-13(10-8-12)11-23-17-16(21-22-23)18(25)24(19(17)26)15-6-4-3-5-14(15)20/h3-10,16-17H,2,11H2,1H3/t16-,17+/m0/s1. The Balaban J connectivity index is 1.59. The van der Waals surface area contributed by atoms with Gasteiger partial charge in [0.1, 0.15) is 0 Å². The third-order valence-electron chi connectivity index (χ3n) is 4.73. The van der Waals surface area contributed by atoms with Gasteiger partial charge in [-0.05, 0) is 29.7 Å². The smallest absolute Gasteiger partial charge is 0.263 e. The fourth-order valence-electron chi connectivity index (χ4n) is 3.29. The minimum atomic E-state index is -0.811. The van der Waals surface area contributed by atoms with Gasteiger partial charge in [-0.1, -0.05) is 60.1 Å². The van der Waals surface area contributed by atoms with E-state index in [4.69, 9.17) is 11.6 Å². The van der Waals surface area contributed by atoms with E-state index < -0.39 is 12.1 Å². The summed E-state index contributed by atoms with van der Waals surface area (Å²) < 4.78 is 0. The number of rotatable bonds is 4. The number of nitrogens with zero attached hydrogens (tertiary/aromatic N) is 4.